The fourth-order valence-electron chi connectivity index (χ4n) is 6.41. The van der Waals surface area contributed by atoms with Crippen molar-refractivity contribution in [3.63, 3.8) is 0 Å². The van der Waals surface area contributed by atoms with Gasteiger partial charge in [-0.3, -0.25) is 0 Å². The molecule has 300 valence electrons. The highest BCUT2D eigenvalue weighted by Gasteiger charge is 2.06. The minimum Gasteiger partial charge on any atom is -0.504 e. The Balaban J connectivity index is 2.26. The maximum absolute atomic E-state index is 10.3. The molecule has 2 heteroatoms. The molecule has 0 fully saturated rings. The molecule has 0 aliphatic rings. The Morgan fingerprint density at radius 2 is 0.704 bits per heavy atom. The number of aromatic hydroxyl groups is 1. The van der Waals surface area contributed by atoms with Gasteiger partial charge in [0.05, 0.1) is 7.11 Å². The Morgan fingerprint density at radius 3 is 0.981 bits per heavy atom. The Labute approximate surface area is 334 Å². The standard InChI is InChI=1S/C52H80O2/c1-41(2)21-12-22-42(3)23-13-24-43(4)25-14-26-44(5)27-15-28-45(6)29-16-30-46(7)31-17-32-47(8)33-18-34-48(9)35-19-36-49(10)39-40-50-37-20-38-51(54-11)52(50)53/h20-21,23,25,27,29,31,33,35,37-39,53H,12-19,22,24,26,28,30,32,34,36,40H2,1-11H3. The third-order valence-corrected chi connectivity index (χ3v) is 10.3. The van der Waals surface area contributed by atoms with Crippen molar-refractivity contribution < 1.29 is 9.84 Å². The normalized spacial score (nSPS) is 14.2. The van der Waals surface area contributed by atoms with Crippen molar-refractivity contribution in [3.8, 4) is 11.5 Å². The lowest BCUT2D eigenvalue weighted by molar-refractivity contribution is 0.371. The van der Waals surface area contributed by atoms with E-state index in [9.17, 15) is 5.11 Å². The molecule has 1 aromatic carbocycles. The van der Waals surface area contributed by atoms with Crippen LogP contribution in [0.3, 0.4) is 0 Å². The predicted molar refractivity (Wildman–Crippen MR) is 242 cm³/mol. The lowest BCUT2D eigenvalue weighted by atomic mass is 10.0. The van der Waals surface area contributed by atoms with Crippen molar-refractivity contribution >= 4 is 0 Å². The average molecular weight is 737 g/mol. The minimum atomic E-state index is 0.248. The number of methoxy groups -OCH3 is 1. The molecule has 1 aromatic rings. The van der Waals surface area contributed by atoms with Gasteiger partial charge in [0.1, 0.15) is 0 Å². The van der Waals surface area contributed by atoms with E-state index in [1.54, 1.807) is 13.2 Å². The van der Waals surface area contributed by atoms with Crippen molar-refractivity contribution in [2.24, 2.45) is 0 Å². The second-order valence-corrected chi connectivity index (χ2v) is 16.2. The van der Waals surface area contributed by atoms with Gasteiger partial charge in [-0.1, -0.05) is 117 Å². The largest absolute Gasteiger partial charge is 0.504 e. The van der Waals surface area contributed by atoms with Crippen molar-refractivity contribution in [1.29, 1.82) is 0 Å². The van der Waals surface area contributed by atoms with Crippen LogP contribution in [0.4, 0.5) is 0 Å². The van der Waals surface area contributed by atoms with Crippen LogP contribution in [-0.2, 0) is 6.42 Å². The second-order valence-electron chi connectivity index (χ2n) is 16.2. The Kier molecular flexibility index (Phi) is 26.8. The summed E-state index contributed by atoms with van der Waals surface area (Å²) in [5.74, 6) is 0.783. The Hall–Kier alpha value is -3.52. The fourth-order valence-corrected chi connectivity index (χ4v) is 6.41. The van der Waals surface area contributed by atoms with E-state index in [1.807, 2.05) is 12.1 Å². The van der Waals surface area contributed by atoms with Crippen LogP contribution >= 0.6 is 0 Å². The van der Waals surface area contributed by atoms with Crippen LogP contribution in [0.25, 0.3) is 0 Å². The number of ether oxygens (including phenoxy) is 1. The van der Waals surface area contributed by atoms with Gasteiger partial charge >= 0.3 is 0 Å². The first-order valence-electron chi connectivity index (χ1n) is 21.0. The SMILES string of the molecule is COc1cccc(CC=C(C)CCC=C(C)CCC=C(C)CCC=C(C)CCC=C(C)CCC=C(C)CCC=C(C)CCC=C(C)CCC=C(C)C)c1O. The Bertz CT molecular complexity index is 1510. The Morgan fingerprint density at radius 1 is 0.426 bits per heavy atom. The molecule has 0 bridgehead atoms. The van der Waals surface area contributed by atoms with Gasteiger partial charge in [-0.2, -0.15) is 0 Å². The number of hydrogen-bond acceptors (Lipinski definition) is 2. The van der Waals surface area contributed by atoms with Crippen molar-refractivity contribution in [3.05, 3.63) is 129 Å². The van der Waals surface area contributed by atoms with E-state index in [-0.39, 0.29) is 5.75 Å². The number of phenolic OH excluding ortho intramolecular Hbond substituents is 1. The molecule has 0 saturated heterocycles. The highest BCUT2D eigenvalue weighted by molar-refractivity contribution is 5.46. The summed E-state index contributed by atoms with van der Waals surface area (Å²) < 4.78 is 5.23. The molecule has 0 heterocycles. The topological polar surface area (TPSA) is 29.5 Å². The number of hydrogen-bond donors (Lipinski definition) is 1. The molecule has 0 atom stereocenters. The van der Waals surface area contributed by atoms with Crippen LogP contribution in [0.1, 0.15) is 178 Å². The van der Waals surface area contributed by atoms with E-state index in [0.717, 1.165) is 82.6 Å². The first-order valence-corrected chi connectivity index (χ1v) is 21.0. The average Bonchev–Trinajstić information content (AvgIpc) is 3.11. The second kappa shape index (κ2) is 29.8. The summed E-state index contributed by atoms with van der Waals surface area (Å²) in [6.07, 6.45) is 40.6. The molecule has 0 spiro atoms. The van der Waals surface area contributed by atoms with Gasteiger partial charge in [0.15, 0.2) is 11.5 Å². The zero-order valence-electron chi connectivity index (χ0n) is 36.8. The molecular formula is C52H80O2. The van der Waals surface area contributed by atoms with E-state index in [1.165, 1.54) is 82.3 Å². The van der Waals surface area contributed by atoms with Gasteiger partial charge in [-0.15, -0.1) is 0 Å². The van der Waals surface area contributed by atoms with Crippen molar-refractivity contribution in [2.75, 3.05) is 7.11 Å². The first kappa shape index (κ1) is 48.5. The van der Waals surface area contributed by atoms with E-state index in [4.69, 9.17) is 4.74 Å². The predicted octanol–water partition coefficient (Wildman–Crippen LogP) is 16.7. The molecule has 0 unspecified atom stereocenters. The summed E-state index contributed by atoms with van der Waals surface area (Å²) in [7, 11) is 1.59. The van der Waals surface area contributed by atoms with E-state index in [0.29, 0.717) is 5.75 Å². The summed E-state index contributed by atoms with van der Waals surface area (Å²) in [4.78, 5) is 0. The smallest absolute Gasteiger partial charge is 0.161 e. The molecule has 0 amide bonds. The molecule has 0 saturated carbocycles. The molecule has 1 N–H and O–H groups in total. The van der Waals surface area contributed by atoms with Crippen LogP contribution in [0, 0.1) is 0 Å². The highest BCUT2D eigenvalue weighted by Crippen LogP contribution is 2.30. The molecule has 0 aromatic heterocycles. The first-order chi connectivity index (χ1) is 25.8. The summed E-state index contributed by atoms with van der Waals surface area (Å²) >= 11 is 0. The zero-order chi connectivity index (χ0) is 40.1. The van der Waals surface area contributed by atoms with Crippen molar-refractivity contribution in [1.82, 2.24) is 0 Å². The van der Waals surface area contributed by atoms with Gasteiger partial charge in [0, 0.05) is 5.56 Å². The number of para-hydroxylation sites is 1. The molecule has 0 radical (unpaired) electrons. The number of rotatable bonds is 27. The van der Waals surface area contributed by atoms with Crippen LogP contribution in [0.5, 0.6) is 11.5 Å². The highest BCUT2D eigenvalue weighted by atomic mass is 16.5. The van der Waals surface area contributed by atoms with Gasteiger partial charge in [-0.25, -0.2) is 0 Å². The molecular weight excluding hydrogens is 657 g/mol. The summed E-state index contributed by atoms with van der Waals surface area (Å²) in [5, 5.41) is 10.3. The third kappa shape index (κ3) is 25.5. The summed E-state index contributed by atoms with van der Waals surface area (Å²) in [5.41, 5.74) is 14.3. The molecule has 1 rings (SSSR count). The molecule has 2 nitrogen and oxygen atoms in total. The summed E-state index contributed by atoms with van der Waals surface area (Å²) in [6.45, 7) is 22.5. The molecule has 0 aliphatic heterocycles. The van der Waals surface area contributed by atoms with E-state index in [2.05, 4.69) is 124 Å². The van der Waals surface area contributed by atoms with Gasteiger partial charge < -0.3 is 9.84 Å². The van der Waals surface area contributed by atoms with Gasteiger partial charge in [0.2, 0.25) is 0 Å². The van der Waals surface area contributed by atoms with Crippen LogP contribution in [0.15, 0.2) is 123 Å². The number of phenols is 1. The molecule has 54 heavy (non-hydrogen) atoms. The third-order valence-electron chi connectivity index (χ3n) is 10.3. The number of allylic oxidation sites excluding steroid dienone is 18. The van der Waals surface area contributed by atoms with E-state index < -0.39 is 0 Å². The van der Waals surface area contributed by atoms with E-state index >= 15 is 0 Å². The zero-order valence-corrected chi connectivity index (χ0v) is 36.8. The van der Waals surface area contributed by atoms with Crippen LogP contribution in [0.2, 0.25) is 0 Å². The van der Waals surface area contributed by atoms with Crippen LogP contribution < -0.4 is 4.74 Å². The minimum absolute atomic E-state index is 0.248. The number of benzene rings is 1. The van der Waals surface area contributed by atoms with Gasteiger partial charge in [0.25, 0.3) is 0 Å². The monoisotopic (exact) mass is 737 g/mol. The maximum Gasteiger partial charge on any atom is 0.161 e. The fraction of sp³-hybridized carbons (Fsp3) is 0.538. The lowest BCUT2D eigenvalue weighted by Gasteiger charge is -2.07. The van der Waals surface area contributed by atoms with Crippen molar-refractivity contribution in [2.45, 2.75) is 178 Å². The quantitative estimate of drug-likeness (QED) is 0.0912. The van der Waals surface area contributed by atoms with Gasteiger partial charge in [-0.05, 0) is 184 Å². The van der Waals surface area contributed by atoms with Crippen LogP contribution in [-0.4, -0.2) is 12.2 Å². The lowest BCUT2D eigenvalue weighted by Crippen LogP contribution is -1.89. The maximum atomic E-state index is 10.3. The molecule has 0 aliphatic carbocycles. The summed E-state index contributed by atoms with van der Waals surface area (Å²) in [6, 6.07) is 5.67.